The summed E-state index contributed by atoms with van der Waals surface area (Å²) < 4.78 is 10.0. The second kappa shape index (κ2) is 6.78. The van der Waals surface area contributed by atoms with E-state index in [0.717, 1.165) is 0 Å². The molecule has 0 saturated heterocycles. The van der Waals surface area contributed by atoms with E-state index in [4.69, 9.17) is 9.26 Å². The van der Waals surface area contributed by atoms with Crippen LogP contribution in [0, 0.1) is 6.92 Å². The summed E-state index contributed by atoms with van der Waals surface area (Å²) in [6.45, 7) is 1.69. The molecule has 0 bridgehead atoms. The molecule has 0 atom stereocenters. The predicted octanol–water partition coefficient (Wildman–Crippen LogP) is 3.45. The molecule has 0 fully saturated rings. The average molecular weight is 322 g/mol. The van der Waals surface area contributed by atoms with E-state index in [1.54, 1.807) is 55.5 Å². The highest BCUT2D eigenvalue weighted by molar-refractivity contribution is 6.04. The number of hydrogen-bond donors (Lipinski definition) is 1. The van der Waals surface area contributed by atoms with Crippen LogP contribution in [-0.4, -0.2) is 17.0 Å². The van der Waals surface area contributed by atoms with Crippen LogP contribution in [0.4, 0.5) is 5.69 Å². The zero-order valence-electron chi connectivity index (χ0n) is 12.9. The first-order valence-electron chi connectivity index (χ1n) is 7.24. The van der Waals surface area contributed by atoms with Crippen molar-refractivity contribution in [2.45, 2.75) is 6.92 Å². The summed E-state index contributed by atoms with van der Waals surface area (Å²) in [6.07, 6.45) is 0. The number of esters is 1. The normalized spacial score (nSPS) is 10.2. The average Bonchev–Trinajstić information content (AvgIpc) is 3.04. The Kier molecular flexibility index (Phi) is 4.38. The molecule has 0 aliphatic rings. The summed E-state index contributed by atoms with van der Waals surface area (Å²) >= 11 is 0. The minimum absolute atomic E-state index is 0.106. The molecule has 0 aliphatic heterocycles. The van der Waals surface area contributed by atoms with Crippen molar-refractivity contribution in [2.75, 3.05) is 5.32 Å². The standard InChI is InChI=1S/C18H14N2O4/c1-12-11-16(20-24-12)18(22)23-15-9-7-14(8-10-15)19-17(21)13-5-3-2-4-6-13/h2-11H,1H3,(H,19,21). The van der Waals surface area contributed by atoms with Crippen LogP contribution in [0.15, 0.2) is 65.2 Å². The van der Waals surface area contributed by atoms with Gasteiger partial charge in [0.05, 0.1) is 0 Å². The topological polar surface area (TPSA) is 81.4 Å². The third kappa shape index (κ3) is 3.67. The summed E-state index contributed by atoms with van der Waals surface area (Å²) in [5, 5.41) is 6.36. The van der Waals surface area contributed by atoms with Gasteiger partial charge in [0.25, 0.3) is 5.91 Å². The van der Waals surface area contributed by atoms with Crippen molar-refractivity contribution in [1.29, 1.82) is 0 Å². The zero-order valence-corrected chi connectivity index (χ0v) is 12.9. The van der Waals surface area contributed by atoms with Crippen molar-refractivity contribution < 1.29 is 18.8 Å². The van der Waals surface area contributed by atoms with Crippen molar-refractivity contribution in [2.24, 2.45) is 0 Å². The van der Waals surface area contributed by atoms with Crippen molar-refractivity contribution in [3.8, 4) is 5.75 Å². The van der Waals surface area contributed by atoms with Crippen LogP contribution >= 0.6 is 0 Å². The van der Waals surface area contributed by atoms with Gasteiger partial charge in [0.2, 0.25) is 0 Å². The van der Waals surface area contributed by atoms with E-state index in [-0.39, 0.29) is 11.6 Å². The predicted molar refractivity (Wildman–Crippen MR) is 87.0 cm³/mol. The van der Waals surface area contributed by atoms with E-state index in [0.29, 0.717) is 22.8 Å². The minimum Gasteiger partial charge on any atom is -0.422 e. The van der Waals surface area contributed by atoms with Gasteiger partial charge >= 0.3 is 5.97 Å². The van der Waals surface area contributed by atoms with Gasteiger partial charge in [0.15, 0.2) is 5.69 Å². The summed E-state index contributed by atoms with van der Waals surface area (Å²) in [7, 11) is 0. The number of carbonyl (C=O) groups excluding carboxylic acids is 2. The van der Waals surface area contributed by atoms with Crippen LogP contribution in [0.3, 0.4) is 0 Å². The van der Waals surface area contributed by atoms with E-state index in [1.807, 2.05) is 6.07 Å². The molecular formula is C18H14N2O4. The number of hydrogen-bond acceptors (Lipinski definition) is 5. The maximum Gasteiger partial charge on any atom is 0.365 e. The van der Waals surface area contributed by atoms with Gasteiger partial charge in [-0.05, 0) is 43.3 Å². The van der Waals surface area contributed by atoms with Gasteiger partial charge in [0, 0.05) is 17.3 Å². The molecule has 1 N–H and O–H groups in total. The zero-order chi connectivity index (χ0) is 16.9. The fourth-order valence-electron chi connectivity index (χ4n) is 2.02. The number of anilines is 1. The van der Waals surface area contributed by atoms with E-state index in [9.17, 15) is 9.59 Å². The highest BCUT2D eigenvalue weighted by atomic mass is 16.5. The lowest BCUT2D eigenvalue weighted by Gasteiger charge is -2.06. The fraction of sp³-hybridized carbons (Fsp3) is 0.0556. The van der Waals surface area contributed by atoms with Gasteiger partial charge in [-0.15, -0.1) is 0 Å². The van der Waals surface area contributed by atoms with Crippen LogP contribution in [0.1, 0.15) is 26.6 Å². The van der Waals surface area contributed by atoms with E-state index in [1.165, 1.54) is 6.07 Å². The smallest absolute Gasteiger partial charge is 0.365 e. The fourth-order valence-corrected chi connectivity index (χ4v) is 2.02. The lowest BCUT2D eigenvalue weighted by Crippen LogP contribution is -2.12. The molecule has 1 heterocycles. The van der Waals surface area contributed by atoms with Gasteiger partial charge in [0.1, 0.15) is 11.5 Å². The molecule has 0 spiro atoms. The summed E-state index contributed by atoms with van der Waals surface area (Å²) in [5.41, 5.74) is 1.27. The van der Waals surface area contributed by atoms with Gasteiger partial charge < -0.3 is 14.6 Å². The Morgan fingerprint density at radius 2 is 1.75 bits per heavy atom. The molecule has 6 heteroatoms. The quantitative estimate of drug-likeness (QED) is 0.587. The van der Waals surface area contributed by atoms with Gasteiger partial charge in [-0.1, -0.05) is 23.4 Å². The molecule has 0 unspecified atom stereocenters. The molecule has 3 rings (SSSR count). The summed E-state index contributed by atoms with van der Waals surface area (Å²) in [5.74, 6) is 0.0608. The number of ether oxygens (including phenoxy) is 1. The summed E-state index contributed by atoms with van der Waals surface area (Å²) in [4.78, 5) is 23.9. The molecule has 3 aromatic rings. The second-order valence-corrected chi connectivity index (χ2v) is 5.06. The summed E-state index contributed by atoms with van der Waals surface area (Å²) in [6, 6.07) is 16.9. The van der Waals surface area contributed by atoms with E-state index < -0.39 is 5.97 Å². The number of rotatable bonds is 4. The van der Waals surface area contributed by atoms with Crippen molar-refractivity contribution >= 4 is 17.6 Å². The number of amides is 1. The molecule has 0 radical (unpaired) electrons. The van der Waals surface area contributed by atoms with Crippen LogP contribution < -0.4 is 10.1 Å². The highest BCUT2D eigenvalue weighted by Crippen LogP contribution is 2.18. The Labute approximate surface area is 138 Å². The molecule has 1 aromatic heterocycles. The van der Waals surface area contributed by atoms with Crippen molar-refractivity contribution in [3.63, 3.8) is 0 Å². The molecule has 1 amide bonds. The Morgan fingerprint density at radius 1 is 1.04 bits per heavy atom. The van der Waals surface area contributed by atoms with Gasteiger partial charge in [-0.25, -0.2) is 4.79 Å². The first kappa shape index (κ1) is 15.5. The van der Waals surface area contributed by atoms with Crippen LogP contribution in [0.2, 0.25) is 0 Å². The van der Waals surface area contributed by atoms with Crippen LogP contribution in [0.25, 0.3) is 0 Å². The Bertz CT molecular complexity index is 854. The molecule has 24 heavy (non-hydrogen) atoms. The van der Waals surface area contributed by atoms with Gasteiger partial charge in [-0.2, -0.15) is 0 Å². The molecule has 2 aromatic carbocycles. The number of benzene rings is 2. The van der Waals surface area contributed by atoms with Crippen molar-refractivity contribution in [3.05, 3.63) is 77.7 Å². The first-order valence-corrected chi connectivity index (χ1v) is 7.24. The molecule has 120 valence electrons. The van der Waals surface area contributed by atoms with Gasteiger partial charge in [-0.3, -0.25) is 4.79 Å². The molecular weight excluding hydrogens is 308 g/mol. The number of nitrogens with zero attached hydrogens (tertiary/aromatic N) is 1. The van der Waals surface area contributed by atoms with Crippen molar-refractivity contribution in [1.82, 2.24) is 5.16 Å². The maximum absolute atomic E-state index is 12.0. The SMILES string of the molecule is Cc1cc(C(=O)Oc2ccc(NC(=O)c3ccccc3)cc2)no1. The Morgan fingerprint density at radius 3 is 2.38 bits per heavy atom. The second-order valence-electron chi connectivity index (χ2n) is 5.06. The lowest BCUT2D eigenvalue weighted by molar-refractivity contribution is 0.0723. The number of carbonyl (C=O) groups is 2. The number of aromatic nitrogens is 1. The monoisotopic (exact) mass is 322 g/mol. The Hall–Kier alpha value is -3.41. The third-order valence-electron chi connectivity index (χ3n) is 3.20. The number of aryl methyl sites for hydroxylation is 1. The minimum atomic E-state index is -0.604. The van der Waals surface area contributed by atoms with E-state index in [2.05, 4.69) is 10.5 Å². The third-order valence-corrected chi connectivity index (χ3v) is 3.20. The number of nitrogens with one attached hydrogen (secondary N) is 1. The Balaban J connectivity index is 1.63. The van der Waals surface area contributed by atoms with Crippen LogP contribution in [0.5, 0.6) is 5.75 Å². The largest absolute Gasteiger partial charge is 0.422 e. The molecule has 6 nitrogen and oxygen atoms in total. The maximum atomic E-state index is 12.0. The first-order chi connectivity index (χ1) is 11.6. The van der Waals surface area contributed by atoms with Crippen LogP contribution in [-0.2, 0) is 0 Å². The van der Waals surface area contributed by atoms with E-state index >= 15 is 0 Å². The lowest BCUT2D eigenvalue weighted by atomic mass is 10.2. The molecule has 0 aliphatic carbocycles. The molecule has 0 saturated carbocycles. The highest BCUT2D eigenvalue weighted by Gasteiger charge is 2.13.